The summed E-state index contributed by atoms with van der Waals surface area (Å²) >= 11 is 0. The molecule has 0 aliphatic carbocycles. The van der Waals surface area contributed by atoms with Gasteiger partial charge in [-0.05, 0) is 38.5 Å². The molecule has 0 unspecified atom stereocenters. The van der Waals surface area contributed by atoms with Gasteiger partial charge in [0.05, 0.1) is 7.11 Å². The molecule has 0 aromatic heterocycles. The van der Waals surface area contributed by atoms with E-state index in [1.807, 2.05) is 0 Å². The summed E-state index contributed by atoms with van der Waals surface area (Å²) in [6.07, 6.45) is 24.8. The van der Waals surface area contributed by atoms with Crippen LogP contribution < -0.4 is 0 Å². The van der Waals surface area contributed by atoms with Crippen LogP contribution in [0.1, 0.15) is 84.0 Å². The van der Waals surface area contributed by atoms with Crippen molar-refractivity contribution < 1.29 is 4.74 Å². The summed E-state index contributed by atoms with van der Waals surface area (Å²) in [5.41, 5.74) is 0. The predicted molar refractivity (Wildman–Crippen MR) is 90.7 cm³/mol. The van der Waals surface area contributed by atoms with E-state index in [9.17, 15) is 0 Å². The molecule has 1 nitrogen and oxygen atoms in total. The number of allylic oxidation sites excluding steroid dienone is 4. The molecule has 1 heteroatoms. The van der Waals surface area contributed by atoms with Gasteiger partial charge in [0, 0.05) is 6.61 Å². The largest absolute Gasteiger partial charge is 0.379 e. The van der Waals surface area contributed by atoms with Crippen molar-refractivity contribution in [2.24, 2.45) is 0 Å². The van der Waals surface area contributed by atoms with E-state index in [2.05, 4.69) is 38.3 Å². The summed E-state index contributed by atoms with van der Waals surface area (Å²) in [6.45, 7) is 3.07. The molecule has 0 N–H and O–H groups in total. The molecule has 0 amide bonds. The molecule has 0 bridgehead atoms. The quantitative estimate of drug-likeness (QED) is 0.242. The second kappa shape index (κ2) is 18.4. The van der Waals surface area contributed by atoms with Crippen LogP contribution in [0.15, 0.2) is 24.3 Å². The summed E-state index contributed by atoms with van der Waals surface area (Å²) in [5.74, 6) is 0. The van der Waals surface area contributed by atoms with Gasteiger partial charge < -0.3 is 4.74 Å². The molecule has 0 fully saturated rings. The highest BCUT2D eigenvalue weighted by atomic mass is 16.5. The molecule has 0 spiro atoms. The highest BCUT2D eigenvalue weighted by Crippen LogP contribution is 2.08. The zero-order valence-corrected chi connectivity index (χ0v) is 13.6. The van der Waals surface area contributed by atoms with Crippen LogP contribution in [0.25, 0.3) is 0 Å². The molecule has 1 radical (unpaired) electrons. The van der Waals surface area contributed by atoms with Crippen LogP contribution in [0.2, 0.25) is 0 Å². The molecule has 0 aromatic rings. The van der Waals surface area contributed by atoms with Crippen LogP contribution in [-0.2, 0) is 4.74 Å². The Labute approximate surface area is 127 Å². The maximum atomic E-state index is 4.80. The Morgan fingerprint density at radius 1 is 0.700 bits per heavy atom. The van der Waals surface area contributed by atoms with Gasteiger partial charge in [0.2, 0.25) is 0 Å². The lowest BCUT2D eigenvalue weighted by Crippen LogP contribution is -1.86. The first-order valence-electron chi connectivity index (χ1n) is 8.58. The maximum Gasteiger partial charge on any atom is 0.0700 e. The lowest BCUT2D eigenvalue weighted by molar-refractivity contribution is 0.233. The fourth-order valence-corrected chi connectivity index (χ4v) is 2.19. The molecule has 0 aliphatic heterocycles. The fourth-order valence-electron chi connectivity index (χ4n) is 2.19. The van der Waals surface area contributed by atoms with Gasteiger partial charge in [0.25, 0.3) is 0 Å². The molecule has 117 valence electrons. The average molecular weight is 279 g/mol. The van der Waals surface area contributed by atoms with Gasteiger partial charge in [-0.15, -0.1) is 0 Å². The van der Waals surface area contributed by atoms with E-state index >= 15 is 0 Å². The average Bonchev–Trinajstić information content (AvgIpc) is 2.47. The second-order valence-electron chi connectivity index (χ2n) is 5.49. The number of hydrogen-bond donors (Lipinski definition) is 0. The van der Waals surface area contributed by atoms with Crippen molar-refractivity contribution in [2.45, 2.75) is 84.0 Å². The number of unbranched alkanes of at least 4 members (excludes halogenated alkanes) is 9. The van der Waals surface area contributed by atoms with Crippen molar-refractivity contribution in [3.8, 4) is 0 Å². The summed E-state index contributed by atoms with van der Waals surface area (Å²) in [4.78, 5) is 0. The first kappa shape index (κ1) is 19.4. The van der Waals surface area contributed by atoms with Gasteiger partial charge in [-0.25, -0.2) is 0 Å². The fraction of sp³-hybridized carbons (Fsp3) is 0.737. The molecular weight excluding hydrogens is 244 g/mol. The molecule has 0 saturated carbocycles. The standard InChI is InChI=1S/C19H35O/c1-3-4-5-6-7-8-9-10-11-12-13-14-15-16-17-18-19-20-2/h7-8,10-11H,2-6,9,12-19H2,1H3/b8-7?,11-10-. The van der Waals surface area contributed by atoms with Crippen molar-refractivity contribution in [2.75, 3.05) is 6.61 Å². The lowest BCUT2D eigenvalue weighted by atomic mass is 10.1. The summed E-state index contributed by atoms with van der Waals surface area (Å²) in [6, 6.07) is 0. The number of rotatable bonds is 15. The number of hydrogen-bond acceptors (Lipinski definition) is 1. The molecule has 0 saturated heterocycles. The van der Waals surface area contributed by atoms with Crippen LogP contribution in [0, 0.1) is 7.11 Å². The lowest BCUT2D eigenvalue weighted by Gasteiger charge is -2.00. The van der Waals surface area contributed by atoms with Gasteiger partial charge in [0.1, 0.15) is 0 Å². The molecule has 0 aromatic carbocycles. The summed E-state index contributed by atoms with van der Waals surface area (Å²) < 4.78 is 4.80. The summed E-state index contributed by atoms with van der Waals surface area (Å²) in [5, 5.41) is 0. The summed E-state index contributed by atoms with van der Waals surface area (Å²) in [7, 11) is 3.38. The van der Waals surface area contributed by atoms with Gasteiger partial charge in [0.15, 0.2) is 0 Å². The Balaban J connectivity index is 3.12. The third kappa shape index (κ3) is 17.4. The topological polar surface area (TPSA) is 9.23 Å². The van der Waals surface area contributed by atoms with Crippen LogP contribution in [0.5, 0.6) is 0 Å². The maximum absolute atomic E-state index is 4.80. The Morgan fingerprint density at radius 3 is 1.85 bits per heavy atom. The van der Waals surface area contributed by atoms with Crippen molar-refractivity contribution in [1.29, 1.82) is 0 Å². The van der Waals surface area contributed by atoms with Crippen molar-refractivity contribution in [1.82, 2.24) is 0 Å². The second-order valence-corrected chi connectivity index (χ2v) is 5.49. The van der Waals surface area contributed by atoms with Crippen molar-refractivity contribution >= 4 is 0 Å². The van der Waals surface area contributed by atoms with E-state index < -0.39 is 0 Å². The van der Waals surface area contributed by atoms with Gasteiger partial charge >= 0.3 is 0 Å². The van der Waals surface area contributed by atoms with Crippen LogP contribution >= 0.6 is 0 Å². The van der Waals surface area contributed by atoms with Crippen LogP contribution in [0.4, 0.5) is 0 Å². The van der Waals surface area contributed by atoms with E-state index in [4.69, 9.17) is 4.74 Å². The predicted octanol–water partition coefficient (Wildman–Crippen LogP) is 6.61. The Morgan fingerprint density at radius 2 is 1.25 bits per heavy atom. The van der Waals surface area contributed by atoms with E-state index in [0.29, 0.717) is 0 Å². The SMILES string of the molecule is [CH2]OCCCCCCCC/C=C\CC=CCCCCC. The molecule has 0 atom stereocenters. The molecule has 20 heavy (non-hydrogen) atoms. The van der Waals surface area contributed by atoms with Crippen molar-refractivity contribution in [3.05, 3.63) is 31.4 Å². The van der Waals surface area contributed by atoms with Crippen molar-refractivity contribution in [3.63, 3.8) is 0 Å². The third-order valence-electron chi connectivity index (χ3n) is 3.49. The van der Waals surface area contributed by atoms with E-state index in [1.165, 1.54) is 64.2 Å². The Bertz CT molecular complexity index is 218. The normalized spacial score (nSPS) is 11.9. The zero-order valence-electron chi connectivity index (χ0n) is 13.6. The molecule has 0 rings (SSSR count). The Kier molecular flexibility index (Phi) is 17.9. The van der Waals surface area contributed by atoms with Gasteiger partial charge in [-0.3, -0.25) is 0 Å². The first-order valence-corrected chi connectivity index (χ1v) is 8.58. The van der Waals surface area contributed by atoms with E-state index in [-0.39, 0.29) is 0 Å². The van der Waals surface area contributed by atoms with Crippen LogP contribution in [0.3, 0.4) is 0 Å². The third-order valence-corrected chi connectivity index (χ3v) is 3.49. The molecule has 0 heterocycles. The highest BCUT2D eigenvalue weighted by Gasteiger charge is 1.90. The minimum atomic E-state index is 0.814. The molecule has 0 aliphatic rings. The van der Waals surface area contributed by atoms with E-state index in [0.717, 1.165) is 19.4 Å². The monoisotopic (exact) mass is 279 g/mol. The minimum Gasteiger partial charge on any atom is -0.379 e. The van der Waals surface area contributed by atoms with Gasteiger partial charge in [-0.1, -0.05) is 69.8 Å². The smallest absolute Gasteiger partial charge is 0.0700 e. The first-order chi connectivity index (χ1) is 9.91. The Hall–Kier alpha value is -0.560. The zero-order chi connectivity index (χ0) is 14.7. The highest BCUT2D eigenvalue weighted by molar-refractivity contribution is 4.92. The van der Waals surface area contributed by atoms with Crippen LogP contribution in [-0.4, -0.2) is 6.61 Å². The minimum absolute atomic E-state index is 0.814. The number of ether oxygens (including phenoxy) is 1. The van der Waals surface area contributed by atoms with E-state index in [1.54, 1.807) is 0 Å². The molecular formula is C19H35O. The van der Waals surface area contributed by atoms with Gasteiger partial charge in [-0.2, -0.15) is 0 Å².